The molecular formula is C19H22ClN3OS. The maximum atomic E-state index is 5.91. The Morgan fingerprint density at radius 2 is 1.84 bits per heavy atom. The van der Waals surface area contributed by atoms with Crippen LogP contribution in [0.25, 0.3) is 0 Å². The van der Waals surface area contributed by atoms with Gasteiger partial charge in [0, 0.05) is 49.5 Å². The number of nitrogens with one attached hydrogen (secondary N) is 1. The van der Waals surface area contributed by atoms with Crippen molar-refractivity contribution >= 4 is 34.6 Å². The van der Waals surface area contributed by atoms with Gasteiger partial charge in [-0.2, -0.15) is 0 Å². The summed E-state index contributed by atoms with van der Waals surface area (Å²) in [6, 6.07) is 16.0. The van der Waals surface area contributed by atoms with Crippen molar-refractivity contribution in [2.75, 3.05) is 38.2 Å². The van der Waals surface area contributed by atoms with Crippen molar-refractivity contribution in [2.24, 2.45) is 0 Å². The maximum absolute atomic E-state index is 5.91. The van der Waals surface area contributed by atoms with E-state index in [0.717, 1.165) is 42.1 Å². The first-order valence-electron chi connectivity index (χ1n) is 8.32. The van der Waals surface area contributed by atoms with Gasteiger partial charge in [-0.05, 0) is 42.0 Å². The third-order valence-corrected chi connectivity index (χ3v) is 5.00. The van der Waals surface area contributed by atoms with E-state index in [1.807, 2.05) is 36.4 Å². The minimum absolute atomic E-state index is 0.714. The van der Waals surface area contributed by atoms with Crippen LogP contribution in [0.4, 0.5) is 5.69 Å². The lowest BCUT2D eigenvalue weighted by Gasteiger charge is -2.37. The second-order valence-electron chi connectivity index (χ2n) is 5.96. The number of benzene rings is 2. The van der Waals surface area contributed by atoms with Crippen LogP contribution < -0.4 is 15.0 Å². The summed E-state index contributed by atoms with van der Waals surface area (Å²) >= 11 is 11.5. The van der Waals surface area contributed by atoms with Gasteiger partial charge in [0.25, 0.3) is 0 Å². The van der Waals surface area contributed by atoms with Gasteiger partial charge in [-0.1, -0.05) is 29.8 Å². The van der Waals surface area contributed by atoms with Crippen LogP contribution in [0.15, 0.2) is 48.5 Å². The number of ether oxygens (including phenoxy) is 1. The Balaban J connectivity index is 1.49. The van der Waals surface area contributed by atoms with E-state index in [1.54, 1.807) is 7.11 Å². The molecule has 3 rings (SSSR count). The fourth-order valence-electron chi connectivity index (χ4n) is 2.87. The average molecular weight is 376 g/mol. The van der Waals surface area contributed by atoms with Gasteiger partial charge in [-0.15, -0.1) is 0 Å². The number of halogens is 1. The second kappa shape index (κ2) is 8.41. The first-order chi connectivity index (χ1) is 12.2. The van der Waals surface area contributed by atoms with E-state index < -0.39 is 0 Å². The van der Waals surface area contributed by atoms with E-state index >= 15 is 0 Å². The Kier molecular flexibility index (Phi) is 6.00. The summed E-state index contributed by atoms with van der Waals surface area (Å²) in [4.78, 5) is 4.59. The van der Waals surface area contributed by atoms with Crippen molar-refractivity contribution in [3.8, 4) is 5.75 Å². The highest BCUT2D eigenvalue weighted by Crippen LogP contribution is 2.22. The van der Waals surface area contributed by atoms with Crippen LogP contribution >= 0.6 is 23.8 Å². The molecule has 0 spiro atoms. The first kappa shape index (κ1) is 17.8. The molecule has 2 aromatic rings. The van der Waals surface area contributed by atoms with Gasteiger partial charge < -0.3 is 19.9 Å². The number of rotatable bonds is 4. The zero-order valence-corrected chi connectivity index (χ0v) is 15.8. The highest BCUT2D eigenvalue weighted by atomic mass is 35.5. The van der Waals surface area contributed by atoms with Crippen LogP contribution in [0.5, 0.6) is 5.75 Å². The molecule has 4 nitrogen and oxygen atoms in total. The van der Waals surface area contributed by atoms with Gasteiger partial charge in [0.15, 0.2) is 5.11 Å². The molecule has 0 atom stereocenters. The largest absolute Gasteiger partial charge is 0.497 e. The third-order valence-electron chi connectivity index (χ3n) is 4.34. The normalized spacial score (nSPS) is 14.3. The van der Waals surface area contributed by atoms with Gasteiger partial charge in [-0.25, -0.2) is 0 Å². The van der Waals surface area contributed by atoms with Crippen LogP contribution in [0, 0.1) is 0 Å². The molecule has 132 valence electrons. The third kappa shape index (κ3) is 4.77. The molecular weight excluding hydrogens is 354 g/mol. The SMILES string of the molecule is COc1cccc(N2CCN(C(=S)NCc3ccc(Cl)cc3)CC2)c1. The molecule has 0 radical (unpaired) electrons. The molecule has 0 amide bonds. The van der Waals surface area contributed by atoms with Crippen molar-refractivity contribution in [3.05, 3.63) is 59.1 Å². The van der Waals surface area contributed by atoms with Crippen LogP contribution in [-0.4, -0.2) is 43.3 Å². The van der Waals surface area contributed by atoms with Crippen molar-refractivity contribution in [1.82, 2.24) is 10.2 Å². The molecule has 0 bridgehead atoms. The number of anilines is 1. The number of methoxy groups -OCH3 is 1. The monoisotopic (exact) mass is 375 g/mol. The van der Waals surface area contributed by atoms with Gasteiger partial charge in [-0.3, -0.25) is 0 Å². The molecule has 0 aliphatic carbocycles. The zero-order valence-electron chi connectivity index (χ0n) is 14.2. The molecule has 1 heterocycles. The molecule has 1 fully saturated rings. The predicted octanol–water partition coefficient (Wildman–Crippen LogP) is 3.55. The Bertz CT molecular complexity index is 715. The Hall–Kier alpha value is -1.98. The van der Waals surface area contributed by atoms with E-state index in [2.05, 4.69) is 27.2 Å². The van der Waals surface area contributed by atoms with E-state index in [1.165, 1.54) is 11.3 Å². The number of hydrogen-bond donors (Lipinski definition) is 1. The van der Waals surface area contributed by atoms with E-state index in [-0.39, 0.29) is 0 Å². The Labute approximate surface area is 159 Å². The van der Waals surface area contributed by atoms with Crippen molar-refractivity contribution in [3.63, 3.8) is 0 Å². The molecule has 1 N–H and O–H groups in total. The number of thiocarbonyl (C=S) groups is 1. The van der Waals surface area contributed by atoms with Crippen LogP contribution in [-0.2, 0) is 6.54 Å². The van der Waals surface area contributed by atoms with Crippen LogP contribution in [0.2, 0.25) is 5.02 Å². The lowest BCUT2D eigenvalue weighted by Crippen LogP contribution is -2.51. The maximum Gasteiger partial charge on any atom is 0.169 e. The lowest BCUT2D eigenvalue weighted by molar-refractivity contribution is 0.379. The van der Waals surface area contributed by atoms with E-state index in [0.29, 0.717) is 6.54 Å². The van der Waals surface area contributed by atoms with Crippen molar-refractivity contribution < 1.29 is 4.74 Å². The van der Waals surface area contributed by atoms with Gasteiger partial charge in [0.2, 0.25) is 0 Å². The highest BCUT2D eigenvalue weighted by Gasteiger charge is 2.19. The van der Waals surface area contributed by atoms with Gasteiger partial charge in [0.1, 0.15) is 5.75 Å². The Morgan fingerprint density at radius 3 is 2.52 bits per heavy atom. The highest BCUT2D eigenvalue weighted by molar-refractivity contribution is 7.80. The van der Waals surface area contributed by atoms with Crippen LogP contribution in [0.3, 0.4) is 0 Å². The van der Waals surface area contributed by atoms with Crippen molar-refractivity contribution in [2.45, 2.75) is 6.54 Å². The summed E-state index contributed by atoms with van der Waals surface area (Å²) in [6.07, 6.45) is 0. The minimum atomic E-state index is 0.714. The average Bonchev–Trinajstić information content (AvgIpc) is 2.67. The molecule has 6 heteroatoms. The first-order valence-corrected chi connectivity index (χ1v) is 9.10. The fraction of sp³-hybridized carbons (Fsp3) is 0.316. The minimum Gasteiger partial charge on any atom is -0.497 e. The number of hydrogen-bond acceptors (Lipinski definition) is 3. The lowest BCUT2D eigenvalue weighted by atomic mass is 10.2. The van der Waals surface area contributed by atoms with Gasteiger partial charge in [0.05, 0.1) is 7.11 Å². The van der Waals surface area contributed by atoms with E-state index in [4.69, 9.17) is 28.6 Å². The van der Waals surface area contributed by atoms with Gasteiger partial charge >= 0.3 is 0 Å². The molecule has 0 saturated carbocycles. The number of nitrogens with zero attached hydrogens (tertiary/aromatic N) is 2. The fourth-order valence-corrected chi connectivity index (χ4v) is 3.25. The number of piperazine rings is 1. The summed E-state index contributed by atoms with van der Waals surface area (Å²) in [7, 11) is 1.70. The molecule has 1 aliphatic rings. The molecule has 0 unspecified atom stereocenters. The predicted molar refractivity (Wildman–Crippen MR) is 108 cm³/mol. The van der Waals surface area contributed by atoms with E-state index in [9.17, 15) is 0 Å². The van der Waals surface area contributed by atoms with Crippen molar-refractivity contribution in [1.29, 1.82) is 0 Å². The summed E-state index contributed by atoms with van der Waals surface area (Å²) in [5.41, 5.74) is 2.36. The second-order valence-corrected chi connectivity index (χ2v) is 6.78. The molecule has 1 saturated heterocycles. The summed E-state index contributed by atoms with van der Waals surface area (Å²) < 4.78 is 5.31. The standard InChI is InChI=1S/C19H22ClN3OS/c1-24-18-4-2-3-17(13-18)22-9-11-23(12-10-22)19(25)21-14-15-5-7-16(20)8-6-15/h2-8,13H,9-12,14H2,1H3,(H,21,25). The quantitative estimate of drug-likeness (QED) is 0.825. The molecule has 1 aliphatic heterocycles. The topological polar surface area (TPSA) is 27.7 Å². The summed E-state index contributed by atoms with van der Waals surface area (Å²) in [5.74, 6) is 0.889. The molecule has 2 aromatic carbocycles. The Morgan fingerprint density at radius 1 is 1.12 bits per heavy atom. The summed E-state index contributed by atoms with van der Waals surface area (Å²) in [5, 5.41) is 4.89. The summed E-state index contributed by atoms with van der Waals surface area (Å²) in [6.45, 7) is 4.41. The van der Waals surface area contributed by atoms with Crippen LogP contribution in [0.1, 0.15) is 5.56 Å². The molecule has 25 heavy (non-hydrogen) atoms. The molecule has 0 aromatic heterocycles. The zero-order chi connectivity index (χ0) is 17.6. The smallest absolute Gasteiger partial charge is 0.169 e.